The van der Waals surface area contributed by atoms with Gasteiger partial charge in [-0.05, 0) is 41.3 Å². The Labute approximate surface area is 139 Å². The standard InChI is InChI=1S/C16H11FN2O2S2/c17-12-3-1-10(2-4-12)13-5-6-14(23-13)16(21)19-18-15(20)11-7-8-22-9-11/h1-9H,(H,18,20)(H,19,21). The maximum Gasteiger partial charge on any atom is 0.279 e. The molecule has 7 heteroatoms. The second-order valence-electron chi connectivity index (χ2n) is 4.59. The second-order valence-corrected chi connectivity index (χ2v) is 6.45. The largest absolute Gasteiger partial charge is 0.279 e. The van der Waals surface area contributed by atoms with Gasteiger partial charge in [0.15, 0.2) is 0 Å². The van der Waals surface area contributed by atoms with E-state index >= 15 is 0 Å². The molecule has 2 amide bonds. The molecular weight excluding hydrogens is 335 g/mol. The van der Waals surface area contributed by atoms with Gasteiger partial charge in [-0.15, -0.1) is 11.3 Å². The maximum absolute atomic E-state index is 12.9. The number of halogens is 1. The van der Waals surface area contributed by atoms with Crippen LogP contribution in [-0.4, -0.2) is 11.8 Å². The number of hydrogen-bond acceptors (Lipinski definition) is 4. The Morgan fingerprint density at radius 2 is 1.65 bits per heavy atom. The van der Waals surface area contributed by atoms with Gasteiger partial charge in [0.25, 0.3) is 11.8 Å². The van der Waals surface area contributed by atoms with E-state index in [9.17, 15) is 14.0 Å². The van der Waals surface area contributed by atoms with Crippen molar-refractivity contribution in [1.29, 1.82) is 0 Å². The summed E-state index contributed by atoms with van der Waals surface area (Å²) in [4.78, 5) is 25.1. The minimum Gasteiger partial charge on any atom is -0.267 e. The van der Waals surface area contributed by atoms with Crippen LogP contribution in [0.5, 0.6) is 0 Å². The van der Waals surface area contributed by atoms with Gasteiger partial charge in [0, 0.05) is 10.3 Å². The van der Waals surface area contributed by atoms with Crippen LogP contribution in [0, 0.1) is 5.82 Å². The zero-order valence-corrected chi connectivity index (χ0v) is 13.3. The molecule has 0 fully saturated rings. The van der Waals surface area contributed by atoms with Crippen LogP contribution in [0.15, 0.2) is 53.2 Å². The fraction of sp³-hybridized carbons (Fsp3) is 0. The Balaban J connectivity index is 1.64. The third-order valence-electron chi connectivity index (χ3n) is 3.03. The molecule has 0 saturated carbocycles. The van der Waals surface area contributed by atoms with Gasteiger partial charge in [0.05, 0.1) is 10.4 Å². The number of nitrogens with one attached hydrogen (secondary N) is 2. The first-order valence-corrected chi connectivity index (χ1v) is 8.38. The summed E-state index contributed by atoms with van der Waals surface area (Å²) < 4.78 is 12.9. The number of rotatable bonds is 3. The van der Waals surface area contributed by atoms with Crippen molar-refractivity contribution in [3.8, 4) is 10.4 Å². The molecule has 23 heavy (non-hydrogen) atoms. The van der Waals surface area contributed by atoms with Crippen LogP contribution in [0.3, 0.4) is 0 Å². The van der Waals surface area contributed by atoms with Gasteiger partial charge in [0.1, 0.15) is 5.82 Å². The van der Waals surface area contributed by atoms with Crippen LogP contribution in [0.4, 0.5) is 4.39 Å². The molecule has 0 spiro atoms. The maximum atomic E-state index is 12.9. The zero-order valence-electron chi connectivity index (χ0n) is 11.7. The van der Waals surface area contributed by atoms with Crippen LogP contribution in [-0.2, 0) is 0 Å². The molecule has 0 aliphatic carbocycles. The zero-order chi connectivity index (χ0) is 16.2. The molecule has 0 aliphatic rings. The molecule has 2 aromatic heterocycles. The molecule has 0 bridgehead atoms. The van der Waals surface area contributed by atoms with Crippen LogP contribution in [0.2, 0.25) is 0 Å². The van der Waals surface area contributed by atoms with E-state index in [4.69, 9.17) is 0 Å². The fourth-order valence-electron chi connectivity index (χ4n) is 1.87. The summed E-state index contributed by atoms with van der Waals surface area (Å²) in [6, 6.07) is 11.2. The highest BCUT2D eigenvalue weighted by molar-refractivity contribution is 7.17. The first-order valence-electron chi connectivity index (χ1n) is 6.62. The highest BCUT2D eigenvalue weighted by atomic mass is 32.1. The van der Waals surface area contributed by atoms with Gasteiger partial charge in [-0.25, -0.2) is 4.39 Å². The van der Waals surface area contributed by atoms with Gasteiger partial charge in [-0.3, -0.25) is 20.4 Å². The molecule has 3 rings (SSSR count). The van der Waals surface area contributed by atoms with E-state index in [0.717, 1.165) is 10.4 Å². The number of carbonyl (C=O) groups excluding carboxylic acids is 2. The monoisotopic (exact) mass is 346 g/mol. The molecule has 1 aromatic carbocycles. The quantitative estimate of drug-likeness (QED) is 0.711. The minimum atomic E-state index is -0.396. The molecule has 2 heterocycles. The Morgan fingerprint density at radius 1 is 0.913 bits per heavy atom. The molecule has 0 aliphatic heterocycles. The van der Waals surface area contributed by atoms with E-state index in [1.54, 1.807) is 41.1 Å². The molecule has 4 nitrogen and oxygen atoms in total. The topological polar surface area (TPSA) is 58.2 Å². The van der Waals surface area contributed by atoms with Crippen molar-refractivity contribution in [2.75, 3.05) is 0 Å². The molecule has 0 radical (unpaired) electrons. The lowest BCUT2D eigenvalue weighted by Gasteiger charge is -2.04. The number of hydrazine groups is 1. The second kappa shape index (κ2) is 6.72. The van der Waals surface area contributed by atoms with Crippen LogP contribution >= 0.6 is 22.7 Å². The van der Waals surface area contributed by atoms with Crippen LogP contribution in [0.1, 0.15) is 20.0 Å². The first kappa shape index (κ1) is 15.4. The van der Waals surface area contributed by atoms with Crippen molar-refractivity contribution in [2.45, 2.75) is 0 Å². The minimum absolute atomic E-state index is 0.306. The molecule has 0 unspecified atom stereocenters. The van der Waals surface area contributed by atoms with Crippen molar-refractivity contribution < 1.29 is 14.0 Å². The summed E-state index contributed by atoms with van der Waals surface area (Å²) >= 11 is 2.67. The van der Waals surface area contributed by atoms with Gasteiger partial charge in [0.2, 0.25) is 0 Å². The molecule has 3 aromatic rings. The fourth-order valence-corrected chi connectivity index (χ4v) is 3.41. The Kier molecular flexibility index (Phi) is 4.50. The third kappa shape index (κ3) is 3.64. The summed E-state index contributed by atoms with van der Waals surface area (Å²) in [5.41, 5.74) is 6.07. The van der Waals surface area contributed by atoms with E-state index in [0.29, 0.717) is 10.4 Å². The highest BCUT2D eigenvalue weighted by Crippen LogP contribution is 2.28. The SMILES string of the molecule is O=C(NNC(=O)c1ccc(-c2ccc(F)cc2)s1)c1ccsc1. The van der Waals surface area contributed by atoms with Gasteiger partial charge < -0.3 is 0 Å². The third-order valence-corrected chi connectivity index (χ3v) is 4.85. The number of amides is 2. The van der Waals surface area contributed by atoms with Crippen molar-refractivity contribution >= 4 is 34.5 Å². The van der Waals surface area contributed by atoms with Gasteiger partial charge in [-0.1, -0.05) is 12.1 Å². The number of hydrogen-bond donors (Lipinski definition) is 2. The number of thiophene rings is 2. The van der Waals surface area contributed by atoms with Gasteiger partial charge in [-0.2, -0.15) is 11.3 Å². The van der Waals surface area contributed by atoms with Crippen molar-refractivity contribution in [3.05, 3.63) is 69.5 Å². The summed E-state index contributed by atoms with van der Waals surface area (Å²) in [7, 11) is 0. The summed E-state index contributed by atoms with van der Waals surface area (Å²) in [5.74, 6) is -1.07. The Morgan fingerprint density at radius 3 is 2.35 bits per heavy atom. The lowest BCUT2D eigenvalue weighted by molar-refractivity contribution is 0.0849. The Hall–Kier alpha value is -2.51. The molecule has 116 valence electrons. The molecule has 2 N–H and O–H groups in total. The van der Waals surface area contributed by atoms with E-state index in [1.807, 2.05) is 0 Å². The van der Waals surface area contributed by atoms with E-state index in [1.165, 1.54) is 34.8 Å². The first-order chi connectivity index (χ1) is 11.1. The number of benzene rings is 1. The van der Waals surface area contributed by atoms with Crippen molar-refractivity contribution in [1.82, 2.24) is 10.9 Å². The predicted molar refractivity (Wildman–Crippen MR) is 89.0 cm³/mol. The average Bonchev–Trinajstić information content (AvgIpc) is 3.24. The lowest BCUT2D eigenvalue weighted by Crippen LogP contribution is -2.41. The van der Waals surface area contributed by atoms with Crippen molar-refractivity contribution in [2.24, 2.45) is 0 Å². The highest BCUT2D eigenvalue weighted by Gasteiger charge is 2.12. The van der Waals surface area contributed by atoms with Crippen LogP contribution in [0.25, 0.3) is 10.4 Å². The average molecular weight is 346 g/mol. The molecule has 0 atom stereocenters. The van der Waals surface area contributed by atoms with Gasteiger partial charge >= 0.3 is 0 Å². The molecular formula is C16H11FN2O2S2. The Bertz CT molecular complexity index is 826. The van der Waals surface area contributed by atoms with E-state index < -0.39 is 5.91 Å². The van der Waals surface area contributed by atoms with Crippen LogP contribution < -0.4 is 10.9 Å². The number of carbonyl (C=O) groups is 2. The van der Waals surface area contributed by atoms with E-state index in [-0.39, 0.29) is 11.7 Å². The molecule has 0 saturated heterocycles. The summed E-state index contributed by atoms with van der Waals surface area (Å²) in [6.07, 6.45) is 0. The van der Waals surface area contributed by atoms with Crippen molar-refractivity contribution in [3.63, 3.8) is 0 Å². The normalized spacial score (nSPS) is 10.3. The predicted octanol–water partition coefficient (Wildman–Crippen LogP) is 3.69. The smallest absolute Gasteiger partial charge is 0.267 e. The summed E-state index contributed by atoms with van der Waals surface area (Å²) in [6.45, 7) is 0. The lowest BCUT2D eigenvalue weighted by atomic mass is 10.2. The van der Waals surface area contributed by atoms with E-state index in [2.05, 4.69) is 10.9 Å². The summed E-state index contributed by atoms with van der Waals surface area (Å²) in [5, 5.41) is 3.48.